The fourth-order valence-electron chi connectivity index (χ4n) is 1.47. The summed E-state index contributed by atoms with van der Waals surface area (Å²) in [4.78, 5) is 0. The van der Waals surface area contributed by atoms with Gasteiger partial charge >= 0.3 is 0 Å². The SMILES string of the molecule is CCC(C)(C)c1c(O)cc(O)cc1O. The van der Waals surface area contributed by atoms with E-state index in [9.17, 15) is 10.2 Å². The second-order valence-corrected chi connectivity index (χ2v) is 4.10. The molecule has 0 atom stereocenters. The predicted octanol–water partition coefficient (Wildman–Crippen LogP) is 2.49. The summed E-state index contributed by atoms with van der Waals surface area (Å²) in [6.07, 6.45) is 0.791. The number of benzene rings is 1. The maximum absolute atomic E-state index is 9.62. The summed E-state index contributed by atoms with van der Waals surface area (Å²) in [6.45, 7) is 5.84. The Morgan fingerprint density at radius 3 is 1.86 bits per heavy atom. The van der Waals surface area contributed by atoms with Crippen LogP contribution >= 0.6 is 0 Å². The molecule has 3 nitrogen and oxygen atoms in total. The summed E-state index contributed by atoms with van der Waals surface area (Å²) in [7, 11) is 0. The quantitative estimate of drug-likeness (QED) is 0.681. The van der Waals surface area contributed by atoms with Gasteiger partial charge in [-0.1, -0.05) is 20.8 Å². The van der Waals surface area contributed by atoms with Gasteiger partial charge < -0.3 is 15.3 Å². The standard InChI is InChI=1S/C11H16O3/c1-4-11(2,3)10-8(13)5-7(12)6-9(10)14/h5-6,12-14H,4H2,1-3H3. The smallest absolute Gasteiger partial charge is 0.126 e. The zero-order chi connectivity index (χ0) is 10.9. The van der Waals surface area contributed by atoms with E-state index in [1.807, 2.05) is 20.8 Å². The van der Waals surface area contributed by atoms with E-state index in [4.69, 9.17) is 5.11 Å². The van der Waals surface area contributed by atoms with E-state index in [0.29, 0.717) is 5.56 Å². The van der Waals surface area contributed by atoms with Crippen LogP contribution in [0, 0.1) is 0 Å². The molecule has 0 aliphatic carbocycles. The van der Waals surface area contributed by atoms with Gasteiger partial charge in [-0.3, -0.25) is 0 Å². The highest BCUT2D eigenvalue weighted by molar-refractivity contribution is 5.52. The zero-order valence-corrected chi connectivity index (χ0v) is 8.70. The Hall–Kier alpha value is -1.38. The van der Waals surface area contributed by atoms with Crippen LogP contribution in [0.2, 0.25) is 0 Å². The van der Waals surface area contributed by atoms with Gasteiger partial charge in [0, 0.05) is 17.7 Å². The van der Waals surface area contributed by atoms with Crippen LogP contribution in [0.15, 0.2) is 12.1 Å². The van der Waals surface area contributed by atoms with Crippen molar-refractivity contribution in [2.75, 3.05) is 0 Å². The van der Waals surface area contributed by atoms with Crippen molar-refractivity contribution in [3.8, 4) is 17.2 Å². The van der Waals surface area contributed by atoms with Gasteiger partial charge in [0.2, 0.25) is 0 Å². The Balaban J connectivity index is 3.35. The van der Waals surface area contributed by atoms with Gasteiger partial charge in [0.15, 0.2) is 0 Å². The molecule has 0 heterocycles. The first-order chi connectivity index (χ1) is 6.38. The molecule has 0 saturated carbocycles. The van der Waals surface area contributed by atoms with Crippen LogP contribution in [-0.2, 0) is 5.41 Å². The molecule has 1 aromatic rings. The molecule has 0 radical (unpaired) electrons. The van der Waals surface area contributed by atoms with E-state index in [-0.39, 0.29) is 22.7 Å². The van der Waals surface area contributed by atoms with Crippen molar-refractivity contribution in [2.24, 2.45) is 0 Å². The van der Waals surface area contributed by atoms with Crippen LogP contribution in [0.4, 0.5) is 0 Å². The summed E-state index contributed by atoms with van der Waals surface area (Å²) < 4.78 is 0. The van der Waals surface area contributed by atoms with Gasteiger partial charge in [0.25, 0.3) is 0 Å². The zero-order valence-electron chi connectivity index (χ0n) is 8.70. The minimum absolute atomic E-state index is 0.0608. The molecule has 0 amide bonds. The maximum atomic E-state index is 9.62. The van der Waals surface area contributed by atoms with Crippen LogP contribution in [-0.4, -0.2) is 15.3 Å². The summed E-state index contributed by atoms with van der Waals surface area (Å²) in [5.41, 5.74) is 0.180. The fourth-order valence-corrected chi connectivity index (χ4v) is 1.47. The number of rotatable bonds is 2. The third-order valence-corrected chi connectivity index (χ3v) is 2.64. The van der Waals surface area contributed by atoms with E-state index in [2.05, 4.69) is 0 Å². The van der Waals surface area contributed by atoms with Crippen LogP contribution in [0.5, 0.6) is 17.2 Å². The highest BCUT2D eigenvalue weighted by atomic mass is 16.3. The molecule has 0 fully saturated rings. The Morgan fingerprint density at radius 1 is 1.07 bits per heavy atom. The predicted molar refractivity (Wildman–Crippen MR) is 54.8 cm³/mol. The molecule has 0 aliphatic heterocycles. The Labute approximate surface area is 83.6 Å². The molecule has 0 unspecified atom stereocenters. The van der Waals surface area contributed by atoms with Gasteiger partial charge in [-0.05, 0) is 11.8 Å². The molecule has 3 N–H and O–H groups in total. The lowest BCUT2D eigenvalue weighted by Crippen LogP contribution is -2.15. The highest BCUT2D eigenvalue weighted by Crippen LogP contribution is 2.41. The summed E-state index contributed by atoms with van der Waals surface area (Å²) in [5.74, 6) is -0.251. The molecule has 3 heteroatoms. The largest absolute Gasteiger partial charge is 0.508 e. The number of phenols is 3. The first kappa shape index (κ1) is 10.7. The molecule has 1 rings (SSSR count). The van der Waals surface area contributed by atoms with Gasteiger partial charge in [-0.2, -0.15) is 0 Å². The highest BCUT2D eigenvalue weighted by Gasteiger charge is 2.25. The van der Waals surface area contributed by atoms with E-state index in [1.165, 1.54) is 12.1 Å². The first-order valence-corrected chi connectivity index (χ1v) is 4.64. The molecule has 0 saturated heterocycles. The first-order valence-electron chi connectivity index (χ1n) is 4.64. The lowest BCUT2D eigenvalue weighted by Gasteiger charge is -2.25. The van der Waals surface area contributed by atoms with E-state index in [0.717, 1.165) is 6.42 Å². The number of hydrogen-bond acceptors (Lipinski definition) is 3. The Morgan fingerprint density at radius 2 is 1.50 bits per heavy atom. The van der Waals surface area contributed by atoms with Gasteiger partial charge in [-0.25, -0.2) is 0 Å². The van der Waals surface area contributed by atoms with E-state index >= 15 is 0 Å². The number of hydrogen-bond donors (Lipinski definition) is 3. The average Bonchev–Trinajstić information content (AvgIpc) is 2.01. The molecule has 78 valence electrons. The molecule has 14 heavy (non-hydrogen) atoms. The molecule has 0 bridgehead atoms. The van der Waals surface area contributed by atoms with Gasteiger partial charge in [0.05, 0.1) is 0 Å². The van der Waals surface area contributed by atoms with Crippen molar-refractivity contribution >= 4 is 0 Å². The van der Waals surface area contributed by atoms with Crippen molar-refractivity contribution < 1.29 is 15.3 Å². The maximum Gasteiger partial charge on any atom is 0.126 e. The van der Waals surface area contributed by atoms with Crippen LogP contribution < -0.4 is 0 Å². The third kappa shape index (κ3) is 1.76. The monoisotopic (exact) mass is 196 g/mol. The van der Waals surface area contributed by atoms with Gasteiger partial charge in [-0.15, -0.1) is 0 Å². The molecule has 0 spiro atoms. The molecule has 1 aromatic carbocycles. The van der Waals surface area contributed by atoms with Crippen molar-refractivity contribution in [3.63, 3.8) is 0 Å². The number of aromatic hydroxyl groups is 3. The minimum atomic E-state index is -0.304. The molecule has 0 aliphatic rings. The lowest BCUT2D eigenvalue weighted by atomic mass is 9.81. The van der Waals surface area contributed by atoms with Crippen LogP contribution in [0.1, 0.15) is 32.8 Å². The van der Waals surface area contributed by atoms with Crippen molar-refractivity contribution in [3.05, 3.63) is 17.7 Å². The fraction of sp³-hybridized carbons (Fsp3) is 0.455. The summed E-state index contributed by atoms with van der Waals surface area (Å²) >= 11 is 0. The van der Waals surface area contributed by atoms with E-state index in [1.54, 1.807) is 0 Å². The average molecular weight is 196 g/mol. The second kappa shape index (κ2) is 3.40. The summed E-state index contributed by atoms with van der Waals surface area (Å²) in [6, 6.07) is 2.49. The third-order valence-electron chi connectivity index (χ3n) is 2.64. The van der Waals surface area contributed by atoms with Crippen molar-refractivity contribution in [2.45, 2.75) is 32.6 Å². The molecule has 0 aromatic heterocycles. The van der Waals surface area contributed by atoms with Crippen molar-refractivity contribution in [1.82, 2.24) is 0 Å². The number of phenolic OH excluding ortho intramolecular Hbond substituents is 3. The molecular weight excluding hydrogens is 180 g/mol. The molecular formula is C11H16O3. The Bertz CT molecular complexity index is 319. The minimum Gasteiger partial charge on any atom is -0.508 e. The Kier molecular flexibility index (Phi) is 2.60. The van der Waals surface area contributed by atoms with Gasteiger partial charge in [0.1, 0.15) is 17.2 Å². The lowest BCUT2D eigenvalue weighted by molar-refractivity contribution is 0.384. The van der Waals surface area contributed by atoms with Crippen LogP contribution in [0.25, 0.3) is 0 Å². The summed E-state index contributed by atoms with van der Waals surface area (Å²) in [5, 5.41) is 28.4. The normalized spacial score (nSPS) is 11.6. The second-order valence-electron chi connectivity index (χ2n) is 4.10. The van der Waals surface area contributed by atoms with Crippen molar-refractivity contribution in [1.29, 1.82) is 0 Å². The topological polar surface area (TPSA) is 60.7 Å². The van der Waals surface area contributed by atoms with Crippen LogP contribution in [0.3, 0.4) is 0 Å². The van der Waals surface area contributed by atoms with E-state index < -0.39 is 0 Å².